The van der Waals surface area contributed by atoms with Crippen molar-refractivity contribution >= 4 is 21.6 Å². The number of hydrogen-bond donors (Lipinski definition) is 1. The van der Waals surface area contributed by atoms with Crippen molar-refractivity contribution < 1.29 is 13.5 Å². The predicted molar refractivity (Wildman–Crippen MR) is 114 cm³/mol. The lowest BCUT2D eigenvalue weighted by atomic mass is 9.79. The predicted octanol–water partition coefficient (Wildman–Crippen LogP) is 4.43. The zero-order chi connectivity index (χ0) is 20.5. The van der Waals surface area contributed by atoms with Gasteiger partial charge in [-0.05, 0) is 36.1 Å². The number of halogens is 1. The van der Waals surface area contributed by atoms with Crippen molar-refractivity contribution in [2.75, 3.05) is 6.54 Å². The van der Waals surface area contributed by atoms with E-state index in [1.54, 1.807) is 18.2 Å². The Morgan fingerprint density at radius 3 is 1.93 bits per heavy atom. The molecule has 6 heteroatoms. The van der Waals surface area contributed by atoms with Crippen LogP contribution < -0.4 is 0 Å². The molecule has 0 amide bonds. The second-order valence-electron chi connectivity index (χ2n) is 7.20. The van der Waals surface area contributed by atoms with E-state index in [1.807, 2.05) is 60.7 Å². The summed E-state index contributed by atoms with van der Waals surface area (Å²) in [6.45, 7) is 0.334. The van der Waals surface area contributed by atoms with Gasteiger partial charge in [-0.25, -0.2) is 8.42 Å². The highest BCUT2D eigenvalue weighted by Gasteiger charge is 2.49. The second kappa shape index (κ2) is 7.92. The Morgan fingerprint density at radius 2 is 1.38 bits per heavy atom. The molecule has 0 saturated carbocycles. The minimum Gasteiger partial charge on any atom is -0.379 e. The molecular weight excluding hydrogens is 406 g/mol. The van der Waals surface area contributed by atoms with Gasteiger partial charge in [0, 0.05) is 6.54 Å². The van der Waals surface area contributed by atoms with Crippen LogP contribution in [0.15, 0.2) is 89.8 Å². The van der Waals surface area contributed by atoms with Crippen LogP contribution in [0, 0.1) is 0 Å². The van der Waals surface area contributed by atoms with Crippen LogP contribution in [0.1, 0.15) is 24.0 Å². The van der Waals surface area contributed by atoms with E-state index < -0.39 is 21.7 Å². The Kier molecular flexibility index (Phi) is 5.49. The minimum absolute atomic E-state index is 0.0667. The molecular formula is C23H22ClNO3S. The average molecular weight is 428 g/mol. The van der Waals surface area contributed by atoms with Gasteiger partial charge in [0.2, 0.25) is 10.0 Å². The summed E-state index contributed by atoms with van der Waals surface area (Å²) in [5.41, 5.74) is -0.150. The lowest BCUT2D eigenvalue weighted by Gasteiger charge is -2.39. The number of hydrogen-bond acceptors (Lipinski definition) is 3. The van der Waals surface area contributed by atoms with Gasteiger partial charge in [0.1, 0.15) is 10.5 Å². The SMILES string of the molecule is O=S(=O)(c1ccccc1Cl)N1CCC[C@H]1C(O)(c1ccccc1)c1ccccc1. The number of benzene rings is 3. The van der Waals surface area contributed by atoms with E-state index in [1.165, 1.54) is 10.4 Å². The summed E-state index contributed by atoms with van der Waals surface area (Å²) in [7, 11) is -3.88. The molecule has 3 aromatic rings. The Balaban J connectivity index is 1.86. The third-order valence-corrected chi connectivity index (χ3v) is 7.94. The number of aliphatic hydroxyl groups is 1. The molecule has 1 N–H and O–H groups in total. The maximum Gasteiger partial charge on any atom is 0.244 e. The monoisotopic (exact) mass is 427 g/mol. The number of rotatable bonds is 5. The van der Waals surface area contributed by atoms with Gasteiger partial charge in [0.25, 0.3) is 0 Å². The molecule has 1 saturated heterocycles. The fourth-order valence-corrected chi connectivity index (χ4v) is 6.37. The molecule has 0 unspecified atom stereocenters. The maximum absolute atomic E-state index is 13.5. The van der Waals surface area contributed by atoms with E-state index in [0.717, 1.165) is 0 Å². The topological polar surface area (TPSA) is 57.6 Å². The summed E-state index contributed by atoms with van der Waals surface area (Å²) < 4.78 is 28.4. The van der Waals surface area contributed by atoms with E-state index in [2.05, 4.69) is 0 Å². The zero-order valence-corrected chi connectivity index (χ0v) is 17.4. The van der Waals surface area contributed by atoms with Crippen molar-refractivity contribution in [2.45, 2.75) is 29.4 Å². The normalized spacial score (nSPS) is 18.1. The quantitative estimate of drug-likeness (QED) is 0.655. The molecule has 1 fully saturated rings. The Bertz CT molecular complexity index is 1050. The van der Waals surface area contributed by atoms with E-state index in [4.69, 9.17) is 11.6 Å². The molecule has 150 valence electrons. The Hall–Kier alpha value is -2.18. The fraction of sp³-hybridized carbons (Fsp3) is 0.217. The van der Waals surface area contributed by atoms with Crippen molar-refractivity contribution in [3.63, 3.8) is 0 Å². The Morgan fingerprint density at radius 1 is 0.862 bits per heavy atom. The van der Waals surface area contributed by atoms with Crippen LogP contribution in [-0.2, 0) is 15.6 Å². The highest BCUT2D eigenvalue weighted by atomic mass is 35.5. The van der Waals surface area contributed by atoms with Crippen LogP contribution in [0.4, 0.5) is 0 Å². The summed E-state index contributed by atoms with van der Waals surface area (Å²) in [6.07, 6.45) is 1.21. The van der Waals surface area contributed by atoms with Gasteiger partial charge in [-0.15, -0.1) is 0 Å². The molecule has 0 aliphatic carbocycles. The lowest BCUT2D eigenvalue weighted by Crippen LogP contribution is -2.50. The highest BCUT2D eigenvalue weighted by Crippen LogP contribution is 2.42. The Labute approximate surface area is 176 Å². The highest BCUT2D eigenvalue weighted by molar-refractivity contribution is 7.89. The van der Waals surface area contributed by atoms with Gasteiger partial charge in [-0.2, -0.15) is 4.31 Å². The zero-order valence-electron chi connectivity index (χ0n) is 15.8. The molecule has 3 aromatic carbocycles. The van der Waals surface area contributed by atoms with Crippen molar-refractivity contribution in [3.8, 4) is 0 Å². The molecule has 0 spiro atoms. The van der Waals surface area contributed by atoms with Crippen LogP contribution >= 0.6 is 11.6 Å². The minimum atomic E-state index is -3.88. The largest absolute Gasteiger partial charge is 0.379 e. The summed E-state index contributed by atoms with van der Waals surface area (Å²) >= 11 is 6.21. The van der Waals surface area contributed by atoms with Crippen molar-refractivity contribution in [1.82, 2.24) is 4.31 Å². The third kappa shape index (κ3) is 3.49. The lowest BCUT2D eigenvalue weighted by molar-refractivity contribution is 0.0204. The first-order chi connectivity index (χ1) is 14.0. The molecule has 1 atom stereocenters. The first-order valence-corrected chi connectivity index (χ1v) is 11.4. The first-order valence-electron chi connectivity index (χ1n) is 9.55. The molecule has 0 aromatic heterocycles. The van der Waals surface area contributed by atoms with Crippen LogP contribution in [0.3, 0.4) is 0 Å². The van der Waals surface area contributed by atoms with Crippen LogP contribution in [0.2, 0.25) is 5.02 Å². The van der Waals surface area contributed by atoms with Crippen molar-refractivity contribution in [3.05, 3.63) is 101 Å². The van der Waals surface area contributed by atoms with Crippen molar-refractivity contribution in [1.29, 1.82) is 0 Å². The molecule has 1 aliphatic rings. The van der Waals surface area contributed by atoms with Gasteiger partial charge in [0.05, 0.1) is 11.1 Å². The van der Waals surface area contributed by atoms with Gasteiger partial charge < -0.3 is 5.11 Å². The van der Waals surface area contributed by atoms with Crippen LogP contribution in [-0.4, -0.2) is 30.4 Å². The van der Waals surface area contributed by atoms with E-state index in [-0.39, 0.29) is 9.92 Å². The average Bonchev–Trinajstić information content (AvgIpc) is 3.26. The van der Waals surface area contributed by atoms with Gasteiger partial charge in [-0.3, -0.25) is 0 Å². The van der Waals surface area contributed by atoms with Crippen molar-refractivity contribution in [2.24, 2.45) is 0 Å². The first kappa shape index (κ1) is 20.1. The summed E-state index contributed by atoms with van der Waals surface area (Å²) in [4.78, 5) is 0.0667. The molecule has 4 nitrogen and oxygen atoms in total. The molecule has 1 aliphatic heterocycles. The second-order valence-corrected chi connectivity index (χ2v) is 9.47. The van der Waals surface area contributed by atoms with Crippen LogP contribution in [0.5, 0.6) is 0 Å². The number of nitrogens with zero attached hydrogens (tertiary/aromatic N) is 1. The van der Waals surface area contributed by atoms with Crippen LogP contribution in [0.25, 0.3) is 0 Å². The van der Waals surface area contributed by atoms with Gasteiger partial charge in [-0.1, -0.05) is 84.4 Å². The molecule has 0 bridgehead atoms. The summed E-state index contributed by atoms with van der Waals surface area (Å²) in [5.74, 6) is 0. The summed E-state index contributed by atoms with van der Waals surface area (Å²) in [5, 5.41) is 12.2. The molecule has 1 heterocycles. The van der Waals surface area contributed by atoms with E-state index in [9.17, 15) is 13.5 Å². The van der Waals surface area contributed by atoms with Gasteiger partial charge in [0.15, 0.2) is 0 Å². The molecule has 4 rings (SSSR count). The number of sulfonamides is 1. The smallest absolute Gasteiger partial charge is 0.244 e. The molecule has 0 radical (unpaired) electrons. The third-order valence-electron chi connectivity index (χ3n) is 5.54. The van der Waals surface area contributed by atoms with E-state index >= 15 is 0 Å². The molecule has 29 heavy (non-hydrogen) atoms. The maximum atomic E-state index is 13.5. The van der Waals surface area contributed by atoms with Gasteiger partial charge >= 0.3 is 0 Å². The van der Waals surface area contributed by atoms with E-state index in [0.29, 0.717) is 30.5 Å². The standard InChI is InChI=1S/C23H22ClNO3S/c24-20-14-7-8-15-21(20)29(27,28)25-17-9-16-22(25)23(26,18-10-3-1-4-11-18)19-12-5-2-6-13-19/h1-8,10-15,22,26H,9,16-17H2/t22-/m0/s1. The summed E-state index contributed by atoms with van der Waals surface area (Å²) in [6, 6.07) is 24.3. The fourth-order valence-electron chi connectivity index (χ4n) is 4.16.